The van der Waals surface area contributed by atoms with E-state index in [0.717, 1.165) is 49.3 Å². The maximum absolute atomic E-state index is 5.96. The van der Waals surface area contributed by atoms with Crippen LogP contribution in [-0.4, -0.2) is 29.2 Å². The molecule has 2 atom stereocenters. The summed E-state index contributed by atoms with van der Waals surface area (Å²) in [6, 6.07) is 0.424. The van der Waals surface area contributed by atoms with Gasteiger partial charge in [-0.05, 0) is 32.6 Å². The molecule has 106 valence electrons. The first-order valence-corrected chi connectivity index (χ1v) is 7.06. The quantitative estimate of drug-likeness (QED) is 0.853. The molecular formula is C14H24N4O. The first kappa shape index (κ1) is 14.1. The molecule has 5 nitrogen and oxygen atoms in total. The molecule has 19 heavy (non-hydrogen) atoms. The Balaban J connectivity index is 2.10. The van der Waals surface area contributed by atoms with E-state index in [1.807, 2.05) is 6.92 Å². The first-order valence-electron chi connectivity index (χ1n) is 7.06. The van der Waals surface area contributed by atoms with Gasteiger partial charge in [0.1, 0.15) is 17.5 Å². The third-order valence-corrected chi connectivity index (χ3v) is 3.76. The lowest BCUT2D eigenvalue weighted by Crippen LogP contribution is -2.20. The fourth-order valence-corrected chi connectivity index (χ4v) is 2.54. The van der Waals surface area contributed by atoms with Crippen LogP contribution in [0.3, 0.4) is 0 Å². The van der Waals surface area contributed by atoms with Crippen molar-refractivity contribution in [3.8, 4) is 0 Å². The number of nitrogen functional groups attached to an aromatic ring is 1. The van der Waals surface area contributed by atoms with Crippen LogP contribution in [-0.2, 0) is 11.2 Å². The summed E-state index contributed by atoms with van der Waals surface area (Å²) >= 11 is 0. The fraction of sp³-hybridized carbons (Fsp3) is 0.714. The van der Waals surface area contributed by atoms with Crippen LogP contribution in [0.2, 0.25) is 0 Å². The van der Waals surface area contributed by atoms with Crippen LogP contribution in [0.1, 0.15) is 44.0 Å². The van der Waals surface area contributed by atoms with Crippen LogP contribution in [0.4, 0.5) is 11.6 Å². The summed E-state index contributed by atoms with van der Waals surface area (Å²) in [5.41, 5.74) is 6.91. The summed E-state index contributed by atoms with van der Waals surface area (Å²) in [5.74, 6) is 2.30. The largest absolute Gasteiger partial charge is 0.383 e. The van der Waals surface area contributed by atoms with Crippen molar-refractivity contribution in [2.75, 3.05) is 18.2 Å². The second kappa shape index (κ2) is 6.19. The predicted octanol–water partition coefficient (Wildman–Crippen LogP) is 2.30. The van der Waals surface area contributed by atoms with Gasteiger partial charge in [-0.3, -0.25) is 0 Å². The Labute approximate surface area is 115 Å². The molecule has 0 spiro atoms. The number of nitrogens with one attached hydrogen (secondary N) is 1. The van der Waals surface area contributed by atoms with Gasteiger partial charge in [0.15, 0.2) is 0 Å². The maximum Gasteiger partial charge on any atom is 0.134 e. The first-order chi connectivity index (χ1) is 9.13. The lowest BCUT2D eigenvalue weighted by Gasteiger charge is -2.17. The summed E-state index contributed by atoms with van der Waals surface area (Å²) in [4.78, 5) is 8.92. The number of hydrogen-bond acceptors (Lipinski definition) is 5. The SMILES string of the molecule is CCCc1nc(N)c(C)c(NC2CCC(OC)C2)n1. The molecule has 0 saturated heterocycles. The van der Waals surface area contributed by atoms with Crippen LogP contribution in [0.25, 0.3) is 0 Å². The van der Waals surface area contributed by atoms with E-state index in [1.165, 1.54) is 0 Å². The molecule has 0 bridgehead atoms. The molecule has 3 N–H and O–H groups in total. The van der Waals surface area contributed by atoms with Crippen molar-refractivity contribution in [1.82, 2.24) is 9.97 Å². The number of methoxy groups -OCH3 is 1. The molecule has 5 heteroatoms. The van der Waals surface area contributed by atoms with Crippen molar-refractivity contribution < 1.29 is 4.74 Å². The zero-order valence-electron chi connectivity index (χ0n) is 12.1. The second-order valence-electron chi connectivity index (χ2n) is 5.26. The summed E-state index contributed by atoms with van der Waals surface area (Å²) in [6.07, 6.45) is 5.51. The number of aryl methyl sites for hydroxylation is 1. The zero-order valence-corrected chi connectivity index (χ0v) is 12.1. The fourth-order valence-electron chi connectivity index (χ4n) is 2.54. The number of nitrogens with zero attached hydrogens (tertiary/aromatic N) is 2. The maximum atomic E-state index is 5.96. The van der Waals surface area contributed by atoms with Gasteiger partial charge in [-0.15, -0.1) is 0 Å². The minimum absolute atomic E-state index is 0.368. The Morgan fingerprint density at radius 1 is 1.37 bits per heavy atom. The Morgan fingerprint density at radius 3 is 2.79 bits per heavy atom. The van der Waals surface area contributed by atoms with E-state index in [1.54, 1.807) is 7.11 Å². The molecule has 1 aliphatic rings. The molecule has 0 aromatic carbocycles. The zero-order chi connectivity index (χ0) is 13.8. The minimum Gasteiger partial charge on any atom is -0.383 e. The molecule has 1 aromatic heterocycles. The van der Waals surface area contributed by atoms with E-state index in [0.29, 0.717) is 18.0 Å². The molecule has 1 saturated carbocycles. The van der Waals surface area contributed by atoms with Crippen molar-refractivity contribution >= 4 is 11.6 Å². The van der Waals surface area contributed by atoms with Gasteiger partial charge < -0.3 is 15.8 Å². The highest BCUT2D eigenvalue weighted by Crippen LogP contribution is 2.26. The van der Waals surface area contributed by atoms with E-state index in [9.17, 15) is 0 Å². The molecule has 0 aliphatic heterocycles. The second-order valence-corrected chi connectivity index (χ2v) is 5.26. The molecule has 1 fully saturated rings. The van der Waals surface area contributed by atoms with Crippen LogP contribution in [0.5, 0.6) is 0 Å². The Bertz CT molecular complexity index is 436. The highest BCUT2D eigenvalue weighted by molar-refractivity contribution is 5.55. The summed E-state index contributed by atoms with van der Waals surface area (Å²) in [5, 5.41) is 3.50. The highest BCUT2D eigenvalue weighted by atomic mass is 16.5. The molecule has 1 aliphatic carbocycles. The Kier molecular flexibility index (Phi) is 4.58. The summed E-state index contributed by atoms with van der Waals surface area (Å²) in [6.45, 7) is 4.09. The average molecular weight is 264 g/mol. The van der Waals surface area contributed by atoms with Gasteiger partial charge in [0.05, 0.1) is 6.10 Å². The number of ether oxygens (including phenoxy) is 1. The minimum atomic E-state index is 0.368. The summed E-state index contributed by atoms with van der Waals surface area (Å²) in [7, 11) is 1.78. The van der Waals surface area contributed by atoms with Crippen molar-refractivity contribution in [3.05, 3.63) is 11.4 Å². The van der Waals surface area contributed by atoms with Crippen LogP contribution < -0.4 is 11.1 Å². The molecular weight excluding hydrogens is 240 g/mol. The normalized spacial score (nSPS) is 22.7. The third-order valence-electron chi connectivity index (χ3n) is 3.76. The molecule has 0 amide bonds. The van der Waals surface area contributed by atoms with Gasteiger partial charge in [-0.2, -0.15) is 0 Å². The molecule has 2 unspecified atom stereocenters. The van der Waals surface area contributed by atoms with Crippen LogP contribution in [0, 0.1) is 6.92 Å². The van der Waals surface area contributed by atoms with Crippen molar-refractivity contribution in [2.24, 2.45) is 0 Å². The standard InChI is InChI=1S/C14H24N4O/c1-4-5-12-17-13(15)9(2)14(18-12)16-10-6-7-11(8-10)19-3/h10-11H,4-8H2,1-3H3,(H3,15,16,17,18). The van der Waals surface area contributed by atoms with Gasteiger partial charge in [0, 0.05) is 25.1 Å². The van der Waals surface area contributed by atoms with E-state index < -0.39 is 0 Å². The predicted molar refractivity (Wildman–Crippen MR) is 77.2 cm³/mol. The Hall–Kier alpha value is -1.36. The van der Waals surface area contributed by atoms with Crippen molar-refractivity contribution in [1.29, 1.82) is 0 Å². The van der Waals surface area contributed by atoms with Crippen LogP contribution >= 0.6 is 0 Å². The van der Waals surface area contributed by atoms with Crippen molar-refractivity contribution in [3.63, 3.8) is 0 Å². The highest BCUT2D eigenvalue weighted by Gasteiger charge is 2.25. The van der Waals surface area contributed by atoms with E-state index in [2.05, 4.69) is 22.2 Å². The van der Waals surface area contributed by atoms with Gasteiger partial charge in [-0.1, -0.05) is 6.92 Å². The van der Waals surface area contributed by atoms with Gasteiger partial charge in [0.2, 0.25) is 0 Å². The number of hydrogen-bond donors (Lipinski definition) is 2. The lowest BCUT2D eigenvalue weighted by molar-refractivity contribution is 0.108. The van der Waals surface area contributed by atoms with Crippen LogP contribution in [0.15, 0.2) is 0 Å². The molecule has 1 aromatic rings. The molecule has 0 radical (unpaired) electrons. The van der Waals surface area contributed by atoms with Gasteiger partial charge in [-0.25, -0.2) is 9.97 Å². The number of aromatic nitrogens is 2. The van der Waals surface area contributed by atoms with E-state index in [4.69, 9.17) is 10.5 Å². The average Bonchev–Trinajstić information content (AvgIpc) is 2.83. The monoisotopic (exact) mass is 264 g/mol. The Morgan fingerprint density at radius 2 is 2.16 bits per heavy atom. The molecule has 2 rings (SSSR count). The number of anilines is 2. The third kappa shape index (κ3) is 3.35. The smallest absolute Gasteiger partial charge is 0.134 e. The number of rotatable bonds is 5. The lowest BCUT2D eigenvalue weighted by atomic mass is 10.2. The number of nitrogens with two attached hydrogens (primary N) is 1. The summed E-state index contributed by atoms with van der Waals surface area (Å²) < 4.78 is 5.40. The van der Waals surface area contributed by atoms with Gasteiger partial charge >= 0.3 is 0 Å². The molecule has 1 heterocycles. The topological polar surface area (TPSA) is 73.1 Å². The van der Waals surface area contributed by atoms with Gasteiger partial charge in [0.25, 0.3) is 0 Å². The van der Waals surface area contributed by atoms with Crippen molar-refractivity contribution in [2.45, 2.75) is 58.1 Å². The van der Waals surface area contributed by atoms with E-state index in [-0.39, 0.29) is 0 Å². The van der Waals surface area contributed by atoms with E-state index >= 15 is 0 Å².